The highest BCUT2D eigenvalue weighted by atomic mass is 35.5. The Hall–Kier alpha value is -0.510. The highest BCUT2D eigenvalue weighted by Gasteiger charge is 2.13. The van der Waals surface area contributed by atoms with Gasteiger partial charge in [-0.1, -0.05) is 48.9 Å². The maximum atomic E-state index is 6.11. The van der Waals surface area contributed by atoms with Crippen LogP contribution in [0.2, 0.25) is 10.0 Å². The van der Waals surface area contributed by atoms with Crippen LogP contribution in [-0.2, 0) is 0 Å². The molecule has 19 heavy (non-hydrogen) atoms. The molecule has 1 fully saturated rings. The van der Waals surface area contributed by atoms with E-state index < -0.39 is 0 Å². The van der Waals surface area contributed by atoms with Gasteiger partial charge in [0, 0.05) is 11.1 Å². The summed E-state index contributed by atoms with van der Waals surface area (Å²) in [6.45, 7) is 0. The van der Waals surface area contributed by atoms with E-state index in [2.05, 4.69) is 10.6 Å². The second-order valence-electron chi connectivity index (χ2n) is 4.91. The molecular weight excluding hydrogens is 299 g/mol. The van der Waals surface area contributed by atoms with Crippen molar-refractivity contribution in [3.05, 3.63) is 28.2 Å². The molecule has 5 heteroatoms. The van der Waals surface area contributed by atoms with Crippen molar-refractivity contribution in [2.24, 2.45) is 0 Å². The zero-order chi connectivity index (χ0) is 13.7. The lowest BCUT2D eigenvalue weighted by molar-refractivity contribution is 0.535. The van der Waals surface area contributed by atoms with Crippen molar-refractivity contribution >= 4 is 46.2 Å². The molecule has 2 rings (SSSR count). The summed E-state index contributed by atoms with van der Waals surface area (Å²) in [5.41, 5.74) is 0.789. The van der Waals surface area contributed by atoms with E-state index in [0.29, 0.717) is 21.2 Å². The summed E-state index contributed by atoms with van der Waals surface area (Å²) in [7, 11) is 0. The molecule has 2 nitrogen and oxygen atoms in total. The Kier molecular flexibility index (Phi) is 5.74. The fourth-order valence-corrected chi connectivity index (χ4v) is 3.09. The first kappa shape index (κ1) is 14.9. The quantitative estimate of drug-likeness (QED) is 0.593. The minimum absolute atomic E-state index is 0.480. The van der Waals surface area contributed by atoms with E-state index in [4.69, 9.17) is 35.4 Å². The Morgan fingerprint density at radius 2 is 1.79 bits per heavy atom. The van der Waals surface area contributed by atoms with Crippen LogP contribution in [0.4, 0.5) is 5.69 Å². The molecule has 1 aliphatic carbocycles. The van der Waals surface area contributed by atoms with Gasteiger partial charge in [0.15, 0.2) is 5.11 Å². The van der Waals surface area contributed by atoms with Crippen molar-refractivity contribution in [3.63, 3.8) is 0 Å². The topological polar surface area (TPSA) is 24.1 Å². The van der Waals surface area contributed by atoms with Crippen molar-refractivity contribution < 1.29 is 0 Å². The van der Waals surface area contributed by atoms with Crippen molar-refractivity contribution in [1.82, 2.24) is 5.32 Å². The number of anilines is 1. The average Bonchev–Trinajstić information content (AvgIpc) is 2.61. The minimum atomic E-state index is 0.480. The smallest absolute Gasteiger partial charge is 0.171 e. The van der Waals surface area contributed by atoms with E-state index >= 15 is 0 Å². The molecule has 0 spiro atoms. The van der Waals surface area contributed by atoms with E-state index in [9.17, 15) is 0 Å². The zero-order valence-corrected chi connectivity index (χ0v) is 13.0. The van der Waals surface area contributed by atoms with Crippen LogP contribution in [0.25, 0.3) is 0 Å². The van der Waals surface area contributed by atoms with Crippen molar-refractivity contribution in [3.8, 4) is 0 Å². The number of benzene rings is 1. The predicted octanol–water partition coefficient (Wildman–Crippen LogP) is 5.00. The van der Waals surface area contributed by atoms with Crippen LogP contribution < -0.4 is 10.6 Å². The summed E-state index contributed by atoms with van der Waals surface area (Å²) in [4.78, 5) is 0. The Bertz CT molecular complexity index is 443. The van der Waals surface area contributed by atoms with Crippen LogP contribution in [-0.4, -0.2) is 11.2 Å². The zero-order valence-electron chi connectivity index (χ0n) is 10.7. The number of halogens is 2. The van der Waals surface area contributed by atoms with Gasteiger partial charge in [0.05, 0.1) is 10.7 Å². The van der Waals surface area contributed by atoms with Crippen LogP contribution in [0.3, 0.4) is 0 Å². The van der Waals surface area contributed by atoms with Crippen molar-refractivity contribution in [2.75, 3.05) is 5.32 Å². The lowest BCUT2D eigenvalue weighted by Gasteiger charge is -2.19. The van der Waals surface area contributed by atoms with Gasteiger partial charge in [0.2, 0.25) is 0 Å². The average molecular weight is 317 g/mol. The van der Waals surface area contributed by atoms with Gasteiger partial charge in [-0.2, -0.15) is 0 Å². The largest absolute Gasteiger partial charge is 0.360 e. The summed E-state index contributed by atoms with van der Waals surface area (Å²) >= 11 is 17.3. The second kappa shape index (κ2) is 7.32. The molecule has 0 bridgehead atoms. The summed E-state index contributed by atoms with van der Waals surface area (Å²) in [5.74, 6) is 0. The summed E-state index contributed by atoms with van der Waals surface area (Å²) in [6.07, 6.45) is 7.61. The maximum absolute atomic E-state index is 6.11. The van der Waals surface area contributed by atoms with E-state index in [1.807, 2.05) is 6.07 Å². The molecule has 0 saturated heterocycles. The SMILES string of the molecule is S=C(Nc1ccc(Cl)cc1Cl)NC1CCCCCC1. The highest BCUT2D eigenvalue weighted by Crippen LogP contribution is 2.25. The van der Waals surface area contributed by atoms with E-state index in [0.717, 1.165) is 5.69 Å². The van der Waals surface area contributed by atoms with Gasteiger partial charge in [0.1, 0.15) is 0 Å². The number of rotatable bonds is 2. The van der Waals surface area contributed by atoms with Crippen molar-refractivity contribution in [2.45, 2.75) is 44.6 Å². The van der Waals surface area contributed by atoms with Crippen LogP contribution in [0.1, 0.15) is 38.5 Å². The van der Waals surface area contributed by atoms with Gasteiger partial charge < -0.3 is 10.6 Å². The summed E-state index contributed by atoms with van der Waals surface area (Å²) < 4.78 is 0. The Morgan fingerprint density at radius 3 is 2.42 bits per heavy atom. The van der Waals surface area contributed by atoms with E-state index in [1.54, 1.807) is 12.1 Å². The third-order valence-corrected chi connectivity index (χ3v) is 4.14. The Labute approximate surface area is 129 Å². The monoisotopic (exact) mass is 316 g/mol. The minimum Gasteiger partial charge on any atom is -0.360 e. The Balaban J connectivity index is 1.89. The molecule has 1 saturated carbocycles. The number of nitrogens with one attached hydrogen (secondary N) is 2. The molecule has 0 heterocycles. The van der Waals surface area contributed by atoms with Gasteiger partial charge in [-0.25, -0.2) is 0 Å². The fraction of sp³-hybridized carbons (Fsp3) is 0.500. The van der Waals surface area contributed by atoms with Crippen LogP contribution in [0.15, 0.2) is 18.2 Å². The predicted molar refractivity (Wildman–Crippen MR) is 87.3 cm³/mol. The van der Waals surface area contributed by atoms with Crippen LogP contribution >= 0.6 is 35.4 Å². The second-order valence-corrected chi connectivity index (χ2v) is 6.16. The summed E-state index contributed by atoms with van der Waals surface area (Å²) in [6, 6.07) is 5.82. The Morgan fingerprint density at radius 1 is 1.11 bits per heavy atom. The molecule has 0 atom stereocenters. The van der Waals surface area contributed by atoms with Gasteiger partial charge in [-0.15, -0.1) is 0 Å². The molecule has 1 aromatic rings. The third kappa shape index (κ3) is 4.83. The van der Waals surface area contributed by atoms with Gasteiger partial charge in [-0.05, 0) is 43.3 Å². The van der Waals surface area contributed by atoms with Gasteiger partial charge in [0.25, 0.3) is 0 Å². The lowest BCUT2D eigenvalue weighted by atomic mass is 10.1. The molecule has 1 aromatic carbocycles. The van der Waals surface area contributed by atoms with Crippen LogP contribution in [0, 0.1) is 0 Å². The molecule has 1 aliphatic rings. The maximum Gasteiger partial charge on any atom is 0.171 e. The molecule has 104 valence electrons. The standard InChI is InChI=1S/C14H18Cl2N2S/c15-10-7-8-13(12(16)9-10)18-14(19)17-11-5-3-1-2-4-6-11/h7-9,11H,1-6H2,(H2,17,18,19). The van der Waals surface area contributed by atoms with Gasteiger partial charge >= 0.3 is 0 Å². The molecule has 0 aliphatic heterocycles. The van der Waals surface area contributed by atoms with Gasteiger partial charge in [-0.3, -0.25) is 0 Å². The lowest BCUT2D eigenvalue weighted by Crippen LogP contribution is -2.37. The third-order valence-electron chi connectivity index (χ3n) is 3.37. The molecule has 2 N–H and O–H groups in total. The number of hydrogen-bond donors (Lipinski definition) is 2. The first-order chi connectivity index (χ1) is 9.15. The normalized spacial score (nSPS) is 16.7. The highest BCUT2D eigenvalue weighted by molar-refractivity contribution is 7.80. The number of thiocarbonyl (C=S) groups is 1. The fourth-order valence-electron chi connectivity index (χ4n) is 2.36. The van der Waals surface area contributed by atoms with Crippen molar-refractivity contribution in [1.29, 1.82) is 0 Å². The molecule has 0 unspecified atom stereocenters. The molecule has 0 radical (unpaired) electrons. The van der Waals surface area contributed by atoms with E-state index in [-0.39, 0.29) is 0 Å². The first-order valence-corrected chi connectivity index (χ1v) is 7.84. The number of hydrogen-bond acceptors (Lipinski definition) is 1. The first-order valence-electron chi connectivity index (χ1n) is 6.68. The van der Waals surface area contributed by atoms with E-state index in [1.165, 1.54) is 38.5 Å². The molecule has 0 aromatic heterocycles. The van der Waals surface area contributed by atoms with Crippen LogP contribution in [0.5, 0.6) is 0 Å². The molecule has 0 amide bonds. The molecular formula is C14H18Cl2N2S. The summed E-state index contributed by atoms with van der Waals surface area (Å²) in [5, 5.41) is 8.35.